The zero-order valence-electron chi connectivity index (χ0n) is 14.3. The third-order valence-electron chi connectivity index (χ3n) is 4.48. The second-order valence-electron chi connectivity index (χ2n) is 7.35. The van der Waals surface area contributed by atoms with Gasteiger partial charge >= 0.3 is 5.97 Å². The van der Waals surface area contributed by atoms with E-state index in [1.807, 2.05) is 0 Å². The Hall–Kier alpha value is -1.43. The van der Waals surface area contributed by atoms with E-state index in [1.165, 1.54) is 18.3 Å². The van der Waals surface area contributed by atoms with Crippen molar-refractivity contribution in [1.29, 1.82) is 0 Å². The molecule has 1 aromatic rings. The number of anilines is 1. The van der Waals surface area contributed by atoms with E-state index in [9.17, 15) is 9.59 Å². The fourth-order valence-electron chi connectivity index (χ4n) is 3.04. The van der Waals surface area contributed by atoms with E-state index < -0.39 is 0 Å². The Labute approximate surface area is 141 Å². The molecule has 1 aromatic heterocycles. The lowest BCUT2D eigenvalue weighted by molar-refractivity contribution is -0.151. The largest absolute Gasteiger partial charge is 0.459 e. The van der Waals surface area contributed by atoms with Crippen LogP contribution < -0.4 is 5.32 Å². The monoisotopic (exact) mass is 338 g/mol. The highest BCUT2D eigenvalue weighted by Crippen LogP contribution is 2.40. The summed E-state index contributed by atoms with van der Waals surface area (Å²) in [6.45, 7) is 8.42. The van der Waals surface area contributed by atoms with Crippen LogP contribution >= 0.6 is 11.3 Å². The van der Waals surface area contributed by atoms with E-state index >= 15 is 0 Å². The highest BCUT2D eigenvalue weighted by Gasteiger charge is 2.33. The van der Waals surface area contributed by atoms with Gasteiger partial charge in [0, 0.05) is 12.3 Å². The highest BCUT2D eigenvalue weighted by molar-refractivity contribution is 7.13. The summed E-state index contributed by atoms with van der Waals surface area (Å²) in [5.41, 5.74) is 0.991. The maximum atomic E-state index is 12.2. The number of amides is 1. The van der Waals surface area contributed by atoms with E-state index in [-0.39, 0.29) is 24.4 Å². The number of hydrogen-bond donors (Lipinski definition) is 1. The second kappa shape index (κ2) is 7.43. The van der Waals surface area contributed by atoms with E-state index in [4.69, 9.17) is 4.74 Å². The number of ether oxygens (including phenoxy) is 1. The van der Waals surface area contributed by atoms with Gasteiger partial charge in [0.25, 0.3) is 0 Å². The molecule has 2 rings (SSSR count). The van der Waals surface area contributed by atoms with Gasteiger partial charge in [-0.2, -0.15) is 0 Å². The van der Waals surface area contributed by atoms with Crippen LogP contribution in [0.5, 0.6) is 0 Å². The standard InChI is InChI=1S/C17H26N2O3S/c1-11(20)18-16-19-14(10-23-16)9-22-15(21)12-5-7-13(8-6-12)17(2,3)4/h10,12-13H,5-9H2,1-4H3,(H,18,19,20). The van der Waals surface area contributed by atoms with Crippen LogP contribution in [0.4, 0.5) is 5.13 Å². The van der Waals surface area contributed by atoms with Gasteiger partial charge in [-0.25, -0.2) is 4.98 Å². The van der Waals surface area contributed by atoms with Crippen LogP contribution in [0, 0.1) is 17.3 Å². The van der Waals surface area contributed by atoms with E-state index in [2.05, 4.69) is 31.1 Å². The predicted octanol–water partition coefficient (Wildman–Crippen LogP) is 4.00. The molecule has 6 heteroatoms. The van der Waals surface area contributed by atoms with Crippen LogP contribution in [0.15, 0.2) is 5.38 Å². The Morgan fingerprint density at radius 3 is 2.52 bits per heavy atom. The Balaban J connectivity index is 1.77. The van der Waals surface area contributed by atoms with Gasteiger partial charge in [-0.05, 0) is 37.0 Å². The van der Waals surface area contributed by atoms with Gasteiger partial charge in [0.1, 0.15) is 6.61 Å². The van der Waals surface area contributed by atoms with Crippen LogP contribution in [0.2, 0.25) is 0 Å². The highest BCUT2D eigenvalue weighted by atomic mass is 32.1. The fourth-order valence-corrected chi connectivity index (χ4v) is 3.78. The first-order chi connectivity index (χ1) is 10.8. The molecule has 128 valence electrons. The molecule has 0 aromatic carbocycles. The van der Waals surface area contributed by atoms with Crippen LogP contribution in [0.1, 0.15) is 59.1 Å². The molecular formula is C17H26N2O3S. The van der Waals surface area contributed by atoms with Gasteiger partial charge < -0.3 is 10.1 Å². The summed E-state index contributed by atoms with van der Waals surface area (Å²) in [7, 11) is 0. The summed E-state index contributed by atoms with van der Waals surface area (Å²) in [4.78, 5) is 27.4. The fraction of sp³-hybridized carbons (Fsp3) is 0.706. The topological polar surface area (TPSA) is 68.3 Å². The van der Waals surface area contributed by atoms with Crippen molar-refractivity contribution in [2.24, 2.45) is 17.3 Å². The van der Waals surface area contributed by atoms with Gasteiger partial charge in [-0.1, -0.05) is 20.8 Å². The van der Waals surface area contributed by atoms with E-state index in [1.54, 1.807) is 5.38 Å². The van der Waals surface area contributed by atoms with Gasteiger partial charge in [-0.15, -0.1) is 11.3 Å². The third-order valence-corrected chi connectivity index (χ3v) is 5.29. The molecule has 0 atom stereocenters. The second-order valence-corrected chi connectivity index (χ2v) is 8.21. The average molecular weight is 338 g/mol. The minimum absolute atomic E-state index is 0.0158. The van der Waals surface area contributed by atoms with Gasteiger partial charge in [0.05, 0.1) is 11.6 Å². The van der Waals surface area contributed by atoms with Crippen molar-refractivity contribution in [3.63, 3.8) is 0 Å². The summed E-state index contributed by atoms with van der Waals surface area (Å²) < 4.78 is 5.40. The zero-order valence-corrected chi connectivity index (χ0v) is 15.2. The summed E-state index contributed by atoms with van der Waals surface area (Å²) in [6.07, 6.45) is 4.00. The first kappa shape index (κ1) is 17.9. The molecular weight excluding hydrogens is 312 g/mol. The lowest BCUT2D eigenvalue weighted by Gasteiger charge is -2.36. The van der Waals surface area contributed by atoms with Crippen molar-refractivity contribution in [3.05, 3.63) is 11.1 Å². The summed E-state index contributed by atoms with van der Waals surface area (Å²) in [5, 5.41) is 4.96. The molecule has 1 heterocycles. The van der Waals surface area contributed by atoms with E-state index in [0.29, 0.717) is 22.2 Å². The molecule has 0 spiro atoms. The first-order valence-corrected chi connectivity index (χ1v) is 9.02. The number of rotatable bonds is 4. The SMILES string of the molecule is CC(=O)Nc1nc(COC(=O)C2CCC(C(C)(C)C)CC2)cs1. The number of aromatic nitrogens is 1. The Bertz CT molecular complexity index is 554. The molecule has 23 heavy (non-hydrogen) atoms. The maximum Gasteiger partial charge on any atom is 0.309 e. The van der Waals surface area contributed by atoms with E-state index in [0.717, 1.165) is 25.7 Å². The van der Waals surface area contributed by atoms with Crippen molar-refractivity contribution in [3.8, 4) is 0 Å². The van der Waals surface area contributed by atoms with Crippen molar-refractivity contribution in [1.82, 2.24) is 4.98 Å². The Morgan fingerprint density at radius 2 is 1.96 bits per heavy atom. The summed E-state index contributed by atoms with van der Waals surface area (Å²) in [5.74, 6) is 0.428. The third kappa shape index (κ3) is 5.30. The number of nitrogens with one attached hydrogen (secondary N) is 1. The Kier molecular flexibility index (Phi) is 5.79. The number of carbonyl (C=O) groups excluding carboxylic acids is 2. The van der Waals surface area contributed by atoms with Crippen LogP contribution in [0.25, 0.3) is 0 Å². The number of hydrogen-bond acceptors (Lipinski definition) is 5. The average Bonchev–Trinajstić information content (AvgIpc) is 2.90. The maximum absolute atomic E-state index is 12.2. The molecule has 5 nitrogen and oxygen atoms in total. The molecule has 1 amide bonds. The smallest absolute Gasteiger partial charge is 0.309 e. The first-order valence-electron chi connectivity index (χ1n) is 8.14. The molecule has 0 unspecified atom stereocenters. The van der Waals surface area contributed by atoms with Gasteiger partial charge in [-0.3, -0.25) is 9.59 Å². The Morgan fingerprint density at radius 1 is 1.30 bits per heavy atom. The number of esters is 1. The van der Waals surface area contributed by atoms with Crippen molar-refractivity contribution in [2.75, 3.05) is 5.32 Å². The lowest BCUT2D eigenvalue weighted by Crippen LogP contribution is -2.29. The van der Waals surface area contributed by atoms with Crippen LogP contribution in [0.3, 0.4) is 0 Å². The molecule has 0 saturated heterocycles. The summed E-state index contributed by atoms with van der Waals surface area (Å²) in [6, 6.07) is 0. The molecule has 0 aliphatic heterocycles. The quantitative estimate of drug-likeness (QED) is 0.843. The number of carbonyl (C=O) groups is 2. The molecule has 1 aliphatic rings. The van der Waals surface area contributed by atoms with Crippen LogP contribution in [-0.2, 0) is 20.9 Å². The normalized spacial score (nSPS) is 21.7. The zero-order chi connectivity index (χ0) is 17.0. The lowest BCUT2D eigenvalue weighted by atomic mass is 9.70. The molecule has 0 radical (unpaired) electrons. The number of thiazole rings is 1. The van der Waals surface area contributed by atoms with Crippen molar-refractivity contribution in [2.45, 2.75) is 60.0 Å². The minimum Gasteiger partial charge on any atom is -0.459 e. The number of nitrogens with zero attached hydrogens (tertiary/aromatic N) is 1. The van der Waals surface area contributed by atoms with Crippen molar-refractivity contribution < 1.29 is 14.3 Å². The van der Waals surface area contributed by atoms with Gasteiger partial charge in [0.2, 0.25) is 5.91 Å². The van der Waals surface area contributed by atoms with Crippen molar-refractivity contribution >= 4 is 28.3 Å². The molecule has 1 fully saturated rings. The summed E-state index contributed by atoms with van der Waals surface area (Å²) >= 11 is 1.33. The minimum atomic E-state index is -0.154. The molecule has 0 bridgehead atoms. The molecule has 1 N–H and O–H groups in total. The van der Waals surface area contributed by atoms with Crippen LogP contribution in [-0.4, -0.2) is 16.9 Å². The predicted molar refractivity (Wildman–Crippen MR) is 91.1 cm³/mol. The molecule has 1 saturated carbocycles. The van der Waals surface area contributed by atoms with Gasteiger partial charge in [0.15, 0.2) is 5.13 Å². The molecule has 1 aliphatic carbocycles.